The summed E-state index contributed by atoms with van der Waals surface area (Å²) in [4.78, 5) is 2.23. The van der Waals surface area contributed by atoms with Gasteiger partial charge < -0.3 is 10.4 Å². The summed E-state index contributed by atoms with van der Waals surface area (Å²) in [6.07, 6.45) is 0. The highest BCUT2D eigenvalue weighted by Gasteiger charge is 2.22. The molecular formula is C12H18BrCl2FN2O. The van der Waals surface area contributed by atoms with Gasteiger partial charge in [-0.15, -0.1) is 24.8 Å². The van der Waals surface area contributed by atoms with Gasteiger partial charge in [0, 0.05) is 37.8 Å². The fourth-order valence-corrected chi connectivity index (χ4v) is 2.62. The molecule has 2 rings (SSSR count). The van der Waals surface area contributed by atoms with Crippen LogP contribution < -0.4 is 5.32 Å². The van der Waals surface area contributed by atoms with Gasteiger partial charge in [0.25, 0.3) is 0 Å². The lowest BCUT2D eigenvalue weighted by atomic mass is 10.0. The van der Waals surface area contributed by atoms with Crippen LogP contribution in [0.25, 0.3) is 0 Å². The summed E-state index contributed by atoms with van der Waals surface area (Å²) in [6.45, 7) is 5.68. The van der Waals surface area contributed by atoms with Crippen molar-refractivity contribution in [2.75, 3.05) is 26.2 Å². The summed E-state index contributed by atoms with van der Waals surface area (Å²) in [7, 11) is 0. The Kier molecular flexibility index (Phi) is 8.24. The lowest BCUT2D eigenvalue weighted by Crippen LogP contribution is -2.44. The number of halogens is 4. The number of piperazine rings is 1. The van der Waals surface area contributed by atoms with Gasteiger partial charge in [-0.1, -0.05) is 0 Å². The zero-order valence-corrected chi connectivity index (χ0v) is 13.7. The molecule has 1 aliphatic heterocycles. The van der Waals surface area contributed by atoms with Crippen LogP contribution in [0.15, 0.2) is 16.6 Å². The topological polar surface area (TPSA) is 35.5 Å². The Morgan fingerprint density at radius 1 is 1.32 bits per heavy atom. The molecule has 1 saturated heterocycles. The van der Waals surface area contributed by atoms with Crippen LogP contribution in [0.2, 0.25) is 0 Å². The Labute approximate surface area is 133 Å². The number of aromatic hydroxyl groups is 1. The van der Waals surface area contributed by atoms with Crippen molar-refractivity contribution in [3.8, 4) is 5.75 Å². The number of nitrogens with one attached hydrogen (secondary N) is 1. The molecule has 1 aliphatic rings. The fourth-order valence-electron chi connectivity index (χ4n) is 2.17. The molecule has 1 aromatic carbocycles. The zero-order valence-electron chi connectivity index (χ0n) is 10.5. The van der Waals surface area contributed by atoms with Gasteiger partial charge in [0.1, 0.15) is 11.6 Å². The highest BCUT2D eigenvalue weighted by atomic mass is 79.9. The standard InChI is InChI=1S/C12H16BrFN2O.2ClH/c1-8(16-4-2-15-3-5-16)10-6-9(14)7-11(13)12(10)17;;/h6-8,15,17H,2-5H2,1H3;2*1H/t8-;;/m1../s1. The van der Waals surface area contributed by atoms with E-state index in [1.54, 1.807) is 0 Å². The molecule has 0 radical (unpaired) electrons. The van der Waals surface area contributed by atoms with Crippen molar-refractivity contribution in [3.05, 3.63) is 28.0 Å². The molecule has 0 aliphatic carbocycles. The van der Waals surface area contributed by atoms with Crippen LogP contribution >= 0.6 is 40.7 Å². The normalized spacial score (nSPS) is 17.2. The Balaban J connectivity index is 0.00000162. The first kappa shape index (κ1) is 18.9. The molecule has 0 saturated carbocycles. The molecule has 1 atom stereocenters. The van der Waals surface area contributed by atoms with Gasteiger partial charge in [-0.3, -0.25) is 4.90 Å². The van der Waals surface area contributed by atoms with Gasteiger partial charge >= 0.3 is 0 Å². The number of hydrogen-bond donors (Lipinski definition) is 2. The van der Waals surface area contributed by atoms with E-state index >= 15 is 0 Å². The molecule has 0 unspecified atom stereocenters. The van der Waals surface area contributed by atoms with Crippen LogP contribution in [-0.2, 0) is 0 Å². The lowest BCUT2D eigenvalue weighted by molar-refractivity contribution is 0.182. The van der Waals surface area contributed by atoms with Crippen LogP contribution in [0, 0.1) is 5.82 Å². The molecule has 0 bridgehead atoms. The fraction of sp³-hybridized carbons (Fsp3) is 0.500. The largest absolute Gasteiger partial charge is 0.506 e. The van der Waals surface area contributed by atoms with Crippen LogP contribution in [0.1, 0.15) is 18.5 Å². The van der Waals surface area contributed by atoms with Crippen molar-refractivity contribution < 1.29 is 9.50 Å². The first-order valence-corrected chi connectivity index (χ1v) is 6.51. The number of phenolic OH excluding ortho intramolecular Hbond substituents is 1. The van der Waals surface area contributed by atoms with E-state index in [9.17, 15) is 9.50 Å². The maximum Gasteiger partial charge on any atom is 0.134 e. The van der Waals surface area contributed by atoms with Crippen molar-refractivity contribution in [2.24, 2.45) is 0 Å². The number of benzene rings is 1. The molecule has 2 N–H and O–H groups in total. The van der Waals surface area contributed by atoms with Gasteiger partial charge in [0.05, 0.1) is 4.47 Å². The van der Waals surface area contributed by atoms with E-state index in [1.165, 1.54) is 12.1 Å². The quantitative estimate of drug-likeness (QED) is 0.833. The first-order valence-electron chi connectivity index (χ1n) is 5.72. The lowest BCUT2D eigenvalue weighted by Gasteiger charge is -2.33. The van der Waals surface area contributed by atoms with Crippen molar-refractivity contribution in [1.29, 1.82) is 0 Å². The van der Waals surface area contributed by atoms with Crippen molar-refractivity contribution >= 4 is 40.7 Å². The Hall–Kier alpha value is -0.0700. The van der Waals surface area contributed by atoms with E-state index in [0.717, 1.165) is 26.2 Å². The van der Waals surface area contributed by atoms with E-state index in [1.807, 2.05) is 6.92 Å². The zero-order chi connectivity index (χ0) is 12.4. The molecule has 0 amide bonds. The maximum absolute atomic E-state index is 13.4. The summed E-state index contributed by atoms with van der Waals surface area (Å²) in [5.74, 6) is -0.191. The van der Waals surface area contributed by atoms with Gasteiger partial charge in [-0.25, -0.2) is 4.39 Å². The molecule has 1 fully saturated rings. The summed E-state index contributed by atoms with van der Waals surface area (Å²) in [5.41, 5.74) is 0.638. The first-order chi connectivity index (χ1) is 8.09. The van der Waals surface area contributed by atoms with Gasteiger partial charge in [-0.05, 0) is 35.0 Å². The van der Waals surface area contributed by atoms with Gasteiger partial charge in [-0.2, -0.15) is 0 Å². The molecule has 3 nitrogen and oxygen atoms in total. The number of nitrogens with zero attached hydrogens (tertiary/aromatic N) is 1. The second-order valence-electron chi connectivity index (χ2n) is 4.29. The minimum absolute atomic E-state index is 0. The van der Waals surface area contributed by atoms with Crippen LogP contribution in [0.3, 0.4) is 0 Å². The van der Waals surface area contributed by atoms with Gasteiger partial charge in [0.2, 0.25) is 0 Å². The average molecular weight is 376 g/mol. The van der Waals surface area contributed by atoms with E-state index in [2.05, 4.69) is 26.1 Å². The minimum atomic E-state index is -0.327. The SMILES string of the molecule is C[C@H](c1cc(F)cc(Br)c1O)N1CCNCC1.Cl.Cl. The van der Waals surface area contributed by atoms with E-state index in [4.69, 9.17) is 0 Å². The predicted octanol–water partition coefficient (Wildman–Crippen LogP) is 3.10. The maximum atomic E-state index is 13.4. The Morgan fingerprint density at radius 3 is 2.47 bits per heavy atom. The minimum Gasteiger partial charge on any atom is -0.506 e. The molecule has 110 valence electrons. The highest BCUT2D eigenvalue weighted by Crippen LogP contribution is 2.35. The van der Waals surface area contributed by atoms with Crippen LogP contribution in [0.4, 0.5) is 4.39 Å². The number of rotatable bonds is 2. The monoisotopic (exact) mass is 374 g/mol. The second kappa shape index (κ2) is 8.27. The van der Waals surface area contributed by atoms with Gasteiger partial charge in [0.15, 0.2) is 0 Å². The molecule has 19 heavy (non-hydrogen) atoms. The van der Waals surface area contributed by atoms with Crippen molar-refractivity contribution in [1.82, 2.24) is 10.2 Å². The average Bonchev–Trinajstić information content (AvgIpc) is 2.34. The third-order valence-corrected chi connectivity index (χ3v) is 3.81. The molecule has 0 spiro atoms. The Morgan fingerprint density at radius 2 is 1.89 bits per heavy atom. The summed E-state index contributed by atoms with van der Waals surface area (Å²) >= 11 is 3.17. The molecule has 7 heteroatoms. The van der Waals surface area contributed by atoms with Crippen LogP contribution in [-0.4, -0.2) is 36.2 Å². The third-order valence-electron chi connectivity index (χ3n) is 3.21. The molecule has 1 aromatic rings. The third kappa shape index (κ3) is 4.46. The smallest absolute Gasteiger partial charge is 0.134 e. The van der Waals surface area contributed by atoms with Crippen molar-refractivity contribution in [3.63, 3.8) is 0 Å². The summed E-state index contributed by atoms with van der Waals surface area (Å²) in [5, 5.41) is 13.2. The Bertz CT molecular complexity index is 417. The van der Waals surface area contributed by atoms with Crippen LogP contribution in [0.5, 0.6) is 5.75 Å². The molecular weight excluding hydrogens is 358 g/mol. The van der Waals surface area contributed by atoms with E-state index in [-0.39, 0.29) is 42.4 Å². The van der Waals surface area contributed by atoms with E-state index in [0.29, 0.717) is 10.0 Å². The summed E-state index contributed by atoms with van der Waals surface area (Å²) < 4.78 is 13.8. The highest BCUT2D eigenvalue weighted by molar-refractivity contribution is 9.10. The molecule has 0 aromatic heterocycles. The summed E-state index contributed by atoms with van der Waals surface area (Å²) in [6, 6.07) is 2.71. The molecule has 1 heterocycles. The van der Waals surface area contributed by atoms with Crippen molar-refractivity contribution in [2.45, 2.75) is 13.0 Å². The van der Waals surface area contributed by atoms with E-state index < -0.39 is 0 Å². The number of phenols is 1. The number of hydrogen-bond acceptors (Lipinski definition) is 3. The second-order valence-corrected chi connectivity index (χ2v) is 5.14. The predicted molar refractivity (Wildman–Crippen MR) is 83.1 cm³/mol.